The third-order valence-electron chi connectivity index (χ3n) is 2.87. The number of primary amides is 1. The van der Waals surface area contributed by atoms with Crippen molar-refractivity contribution in [2.24, 2.45) is 5.73 Å². The van der Waals surface area contributed by atoms with Gasteiger partial charge in [0.15, 0.2) is 0 Å². The molecule has 4 N–H and O–H groups in total. The number of rotatable bonds is 5. The van der Waals surface area contributed by atoms with E-state index in [1.807, 2.05) is 0 Å². The number of carbonyl (C=O) groups excluding carboxylic acids is 2. The predicted octanol–water partition coefficient (Wildman–Crippen LogP) is -0.583. The molecule has 0 aromatic carbocycles. The first-order valence-electron chi connectivity index (χ1n) is 5.53. The van der Waals surface area contributed by atoms with Gasteiger partial charge in [-0.15, -0.1) is 0 Å². The smallest absolute Gasteiger partial charge is 0.312 e. The highest BCUT2D eigenvalue weighted by atomic mass is 16.3. The zero-order valence-corrected chi connectivity index (χ0v) is 9.48. The standard InChI is InChI=1S/C10H19N3O3/c1-7(12-10(11)16)9(15)13(5-6-14)8-3-2-4-8/h7-8,14H,2-6H2,1H3,(H3,11,12,16). The highest BCUT2D eigenvalue weighted by Gasteiger charge is 2.31. The lowest BCUT2D eigenvalue weighted by Crippen LogP contribution is -2.54. The highest BCUT2D eigenvalue weighted by Crippen LogP contribution is 2.24. The van der Waals surface area contributed by atoms with E-state index in [-0.39, 0.29) is 18.6 Å². The van der Waals surface area contributed by atoms with Gasteiger partial charge in [0.05, 0.1) is 6.61 Å². The number of hydrogen-bond donors (Lipinski definition) is 3. The minimum atomic E-state index is -0.710. The molecule has 0 saturated heterocycles. The fraction of sp³-hybridized carbons (Fsp3) is 0.800. The summed E-state index contributed by atoms with van der Waals surface area (Å²) in [5.41, 5.74) is 4.96. The van der Waals surface area contributed by atoms with Gasteiger partial charge in [-0.3, -0.25) is 4.79 Å². The molecular weight excluding hydrogens is 210 g/mol. The Bertz CT molecular complexity index is 266. The molecule has 1 rings (SSSR count). The molecule has 0 aliphatic heterocycles. The van der Waals surface area contributed by atoms with Crippen LogP contribution in [0.4, 0.5) is 4.79 Å². The van der Waals surface area contributed by atoms with Crippen molar-refractivity contribution in [1.29, 1.82) is 0 Å². The number of nitrogens with zero attached hydrogens (tertiary/aromatic N) is 1. The van der Waals surface area contributed by atoms with E-state index in [4.69, 9.17) is 10.8 Å². The molecule has 6 heteroatoms. The molecule has 0 heterocycles. The van der Waals surface area contributed by atoms with Crippen LogP contribution in [-0.4, -0.2) is 47.2 Å². The summed E-state index contributed by atoms with van der Waals surface area (Å²) < 4.78 is 0. The van der Waals surface area contributed by atoms with Crippen molar-refractivity contribution >= 4 is 11.9 Å². The van der Waals surface area contributed by atoms with Gasteiger partial charge < -0.3 is 21.1 Å². The summed E-state index contributed by atoms with van der Waals surface area (Å²) in [6.07, 6.45) is 3.04. The molecule has 3 amide bonds. The Kier molecular flexibility index (Phi) is 4.54. The molecule has 0 bridgehead atoms. The Hall–Kier alpha value is -1.30. The van der Waals surface area contributed by atoms with Gasteiger partial charge in [0.2, 0.25) is 5.91 Å². The number of hydrogen-bond acceptors (Lipinski definition) is 3. The topological polar surface area (TPSA) is 95.7 Å². The van der Waals surface area contributed by atoms with Crippen LogP contribution in [0.3, 0.4) is 0 Å². The van der Waals surface area contributed by atoms with Gasteiger partial charge >= 0.3 is 6.03 Å². The molecule has 6 nitrogen and oxygen atoms in total. The number of nitrogens with two attached hydrogens (primary N) is 1. The number of aliphatic hydroxyl groups excluding tert-OH is 1. The first-order chi connectivity index (χ1) is 7.56. The Labute approximate surface area is 94.8 Å². The molecule has 1 fully saturated rings. The Morgan fingerprint density at radius 3 is 2.56 bits per heavy atom. The van der Waals surface area contributed by atoms with Crippen LogP contribution in [0, 0.1) is 0 Å². The first kappa shape index (κ1) is 12.8. The molecule has 92 valence electrons. The van der Waals surface area contributed by atoms with Crippen LogP contribution < -0.4 is 11.1 Å². The zero-order chi connectivity index (χ0) is 12.1. The lowest BCUT2D eigenvalue weighted by Gasteiger charge is -2.38. The van der Waals surface area contributed by atoms with Gasteiger partial charge in [0.1, 0.15) is 6.04 Å². The SMILES string of the molecule is CC(NC(N)=O)C(=O)N(CCO)C1CCC1. The highest BCUT2D eigenvalue weighted by molar-refractivity contribution is 5.86. The van der Waals surface area contributed by atoms with E-state index >= 15 is 0 Å². The lowest BCUT2D eigenvalue weighted by molar-refractivity contribution is -0.137. The van der Waals surface area contributed by atoms with E-state index in [2.05, 4.69) is 5.32 Å². The van der Waals surface area contributed by atoms with Crippen LogP contribution >= 0.6 is 0 Å². The maximum Gasteiger partial charge on any atom is 0.312 e. The molecule has 1 aliphatic rings. The molecule has 1 unspecified atom stereocenters. The van der Waals surface area contributed by atoms with Crippen LogP contribution in [-0.2, 0) is 4.79 Å². The summed E-state index contributed by atoms with van der Waals surface area (Å²) in [4.78, 5) is 24.2. The average Bonchev–Trinajstić information content (AvgIpc) is 2.12. The quantitative estimate of drug-likeness (QED) is 0.588. The van der Waals surface area contributed by atoms with Crippen LogP contribution in [0.2, 0.25) is 0 Å². The molecule has 1 atom stereocenters. The summed E-state index contributed by atoms with van der Waals surface area (Å²) in [5.74, 6) is -0.183. The van der Waals surface area contributed by atoms with Gasteiger partial charge in [0.25, 0.3) is 0 Å². The second-order valence-electron chi connectivity index (χ2n) is 4.07. The Balaban J connectivity index is 2.54. The van der Waals surface area contributed by atoms with E-state index in [9.17, 15) is 9.59 Å². The van der Waals surface area contributed by atoms with E-state index in [0.29, 0.717) is 6.54 Å². The van der Waals surface area contributed by atoms with E-state index in [0.717, 1.165) is 19.3 Å². The Morgan fingerprint density at radius 2 is 2.19 bits per heavy atom. The van der Waals surface area contributed by atoms with Crippen molar-refractivity contribution in [3.63, 3.8) is 0 Å². The van der Waals surface area contributed by atoms with E-state index in [1.54, 1.807) is 11.8 Å². The molecule has 0 spiro atoms. The lowest BCUT2D eigenvalue weighted by atomic mass is 9.91. The van der Waals surface area contributed by atoms with Gasteiger partial charge in [-0.25, -0.2) is 4.79 Å². The van der Waals surface area contributed by atoms with Gasteiger partial charge in [-0.2, -0.15) is 0 Å². The molecular formula is C10H19N3O3. The summed E-state index contributed by atoms with van der Waals surface area (Å²) >= 11 is 0. The number of aliphatic hydroxyl groups is 1. The molecule has 0 aromatic rings. The minimum absolute atomic E-state index is 0.0640. The van der Waals surface area contributed by atoms with Crippen molar-refractivity contribution < 1.29 is 14.7 Å². The minimum Gasteiger partial charge on any atom is -0.395 e. The third-order valence-corrected chi connectivity index (χ3v) is 2.87. The van der Waals surface area contributed by atoms with Crippen LogP contribution in [0.25, 0.3) is 0 Å². The fourth-order valence-electron chi connectivity index (χ4n) is 1.80. The number of urea groups is 1. The first-order valence-corrected chi connectivity index (χ1v) is 5.53. The molecule has 0 aromatic heterocycles. The van der Waals surface area contributed by atoms with Gasteiger partial charge in [-0.05, 0) is 26.2 Å². The fourth-order valence-corrected chi connectivity index (χ4v) is 1.80. The second-order valence-corrected chi connectivity index (χ2v) is 4.07. The van der Waals surface area contributed by atoms with Crippen molar-refractivity contribution in [2.45, 2.75) is 38.3 Å². The molecule has 1 saturated carbocycles. The maximum atomic E-state index is 11.9. The monoisotopic (exact) mass is 229 g/mol. The third kappa shape index (κ3) is 3.10. The summed E-state index contributed by atoms with van der Waals surface area (Å²) in [6.45, 7) is 1.84. The number of nitrogens with one attached hydrogen (secondary N) is 1. The van der Waals surface area contributed by atoms with Crippen molar-refractivity contribution in [1.82, 2.24) is 10.2 Å². The molecule has 0 radical (unpaired) electrons. The van der Waals surface area contributed by atoms with Crippen molar-refractivity contribution in [3.05, 3.63) is 0 Å². The van der Waals surface area contributed by atoms with Crippen molar-refractivity contribution in [3.8, 4) is 0 Å². The summed E-state index contributed by atoms with van der Waals surface area (Å²) in [7, 11) is 0. The maximum absolute atomic E-state index is 11.9. The largest absolute Gasteiger partial charge is 0.395 e. The summed E-state index contributed by atoms with van der Waals surface area (Å²) in [6, 6.07) is -1.14. The normalized spacial score (nSPS) is 17.4. The van der Waals surface area contributed by atoms with Crippen molar-refractivity contribution in [2.75, 3.05) is 13.2 Å². The molecule has 1 aliphatic carbocycles. The van der Waals surface area contributed by atoms with Gasteiger partial charge in [-0.1, -0.05) is 0 Å². The van der Waals surface area contributed by atoms with Crippen LogP contribution in [0.5, 0.6) is 0 Å². The zero-order valence-electron chi connectivity index (χ0n) is 9.48. The van der Waals surface area contributed by atoms with E-state index < -0.39 is 12.1 Å². The van der Waals surface area contributed by atoms with E-state index in [1.165, 1.54) is 0 Å². The van der Waals surface area contributed by atoms with Crippen LogP contribution in [0.1, 0.15) is 26.2 Å². The predicted molar refractivity (Wildman–Crippen MR) is 58.6 cm³/mol. The summed E-state index contributed by atoms with van der Waals surface area (Å²) in [5, 5.41) is 11.3. The molecule has 16 heavy (non-hydrogen) atoms. The Morgan fingerprint density at radius 1 is 1.56 bits per heavy atom. The second kappa shape index (κ2) is 5.69. The average molecular weight is 229 g/mol. The van der Waals surface area contributed by atoms with Crippen LogP contribution in [0.15, 0.2) is 0 Å². The number of amides is 3. The number of carbonyl (C=O) groups is 2. The van der Waals surface area contributed by atoms with Gasteiger partial charge in [0, 0.05) is 12.6 Å².